The van der Waals surface area contributed by atoms with Gasteiger partial charge in [0, 0.05) is 25.0 Å². The van der Waals surface area contributed by atoms with Gasteiger partial charge in [-0.15, -0.1) is 24.0 Å². The molecule has 2 rings (SSSR count). The van der Waals surface area contributed by atoms with E-state index in [1.807, 2.05) is 6.92 Å². The quantitative estimate of drug-likeness (QED) is 0.274. The molecule has 0 aromatic carbocycles. The molecule has 2 aliphatic heterocycles. The summed E-state index contributed by atoms with van der Waals surface area (Å²) in [4.78, 5) is 6.80. The molecule has 2 unspecified atom stereocenters. The lowest BCUT2D eigenvalue weighted by molar-refractivity contribution is -0.00505. The highest BCUT2D eigenvalue weighted by molar-refractivity contribution is 14.0. The van der Waals surface area contributed by atoms with E-state index in [0.717, 1.165) is 24.6 Å². The molecule has 25 heavy (non-hydrogen) atoms. The average Bonchev–Trinajstić information content (AvgIpc) is 2.81. The van der Waals surface area contributed by atoms with Gasteiger partial charge < -0.3 is 15.3 Å². The molecular formula is C17H32IN3O3S. The van der Waals surface area contributed by atoms with E-state index in [4.69, 9.17) is 0 Å². The number of sulfone groups is 1. The molecule has 2 atom stereocenters. The second-order valence-electron chi connectivity index (χ2n) is 7.96. The summed E-state index contributed by atoms with van der Waals surface area (Å²) in [5, 5.41) is 13.5. The topological polar surface area (TPSA) is 82.0 Å². The molecular weight excluding hydrogens is 453 g/mol. The van der Waals surface area contributed by atoms with Crippen LogP contribution in [0.3, 0.4) is 0 Å². The monoisotopic (exact) mass is 485 g/mol. The third kappa shape index (κ3) is 6.71. The lowest BCUT2D eigenvalue weighted by atomic mass is 9.81. The molecule has 0 saturated carbocycles. The summed E-state index contributed by atoms with van der Waals surface area (Å²) in [6, 6.07) is 0. The van der Waals surface area contributed by atoms with E-state index >= 15 is 0 Å². The molecule has 0 bridgehead atoms. The summed E-state index contributed by atoms with van der Waals surface area (Å²) in [5.41, 5.74) is 0.787. The number of aliphatic hydroxyl groups excluding tert-OH is 1. The fraction of sp³-hybridized carbons (Fsp3) is 0.824. The zero-order valence-electron chi connectivity index (χ0n) is 15.5. The standard InChI is InChI=1S/C17H31N3O3S.HI/c1-13(2)9-18-16(19-10-14-6-8-24(22,23)11-14)20-7-5-15(21)17(3,4)12-20;/h14-15,21H,1,5-12H2,2-4H3,(H,18,19);1H. The van der Waals surface area contributed by atoms with Crippen LogP contribution >= 0.6 is 24.0 Å². The zero-order chi connectivity index (χ0) is 18.0. The van der Waals surface area contributed by atoms with E-state index < -0.39 is 9.84 Å². The minimum Gasteiger partial charge on any atom is -0.392 e. The van der Waals surface area contributed by atoms with E-state index in [1.165, 1.54) is 0 Å². The molecule has 2 aliphatic rings. The minimum atomic E-state index is -2.86. The summed E-state index contributed by atoms with van der Waals surface area (Å²) in [6.45, 7) is 12.6. The molecule has 8 heteroatoms. The Morgan fingerprint density at radius 3 is 2.60 bits per heavy atom. The Labute approximate surface area is 169 Å². The summed E-state index contributed by atoms with van der Waals surface area (Å²) < 4.78 is 23.2. The van der Waals surface area contributed by atoms with Crippen molar-refractivity contribution in [3.05, 3.63) is 12.2 Å². The van der Waals surface area contributed by atoms with Crippen LogP contribution in [0.2, 0.25) is 0 Å². The highest BCUT2D eigenvalue weighted by Crippen LogP contribution is 2.29. The lowest BCUT2D eigenvalue weighted by Crippen LogP contribution is -2.54. The van der Waals surface area contributed by atoms with Gasteiger partial charge in [-0.3, -0.25) is 0 Å². The number of halogens is 1. The van der Waals surface area contributed by atoms with Crippen LogP contribution in [0.15, 0.2) is 17.1 Å². The van der Waals surface area contributed by atoms with Crippen molar-refractivity contribution in [3.8, 4) is 0 Å². The van der Waals surface area contributed by atoms with Crippen molar-refractivity contribution in [2.75, 3.05) is 37.7 Å². The summed E-state index contributed by atoms with van der Waals surface area (Å²) in [5.74, 6) is 1.49. The van der Waals surface area contributed by atoms with Crippen molar-refractivity contribution in [1.82, 2.24) is 10.2 Å². The van der Waals surface area contributed by atoms with Gasteiger partial charge in [0.15, 0.2) is 15.8 Å². The van der Waals surface area contributed by atoms with Crippen molar-refractivity contribution in [1.29, 1.82) is 0 Å². The maximum absolute atomic E-state index is 11.6. The molecule has 2 fully saturated rings. The zero-order valence-corrected chi connectivity index (χ0v) is 18.6. The predicted molar refractivity (Wildman–Crippen MR) is 113 cm³/mol. The van der Waals surface area contributed by atoms with Crippen LogP contribution in [-0.4, -0.2) is 68.2 Å². The number of hydrogen-bond donors (Lipinski definition) is 2. The second-order valence-corrected chi connectivity index (χ2v) is 10.2. The summed E-state index contributed by atoms with van der Waals surface area (Å²) in [7, 11) is -2.86. The Morgan fingerprint density at radius 1 is 1.40 bits per heavy atom. The number of rotatable bonds is 4. The normalized spacial score (nSPS) is 28.3. The van der Waals surface area contributed by atoms with Gasteiger partial charge in [0.05, 0.1) is 24.2 Å². The van der Waals surface area contributed by atoms with Crippen LogP contribution in [-0.2, 0) is 9.84 Å². The highest BCUT2D eigenvalue weighted by Gasteiger charge is 2.36. The molecule has 146 valence electrons. The van der Waals surface area contributed by atoms with Crippen molar-refractivity contribution in [2.45, 2.75) is 39.7 Å². The van der Waals surface area contributed by atoms with E-state index in [0.29, 0.717) is 31.7 Å². The first-order valence-corrected chi connectivity index (χ1v) is 10.5. The number of piperidine rings is 1. The van der Waals surface area contributed by atoms with Crippen molar-refractivity contribution < 1.29 is 13.5 Å². The number of aliphatic hydroxyl groups is 1. The largest absolute Gasteiger partial charge is 0.392 e. The second kappa shape index (κ2) is 9.03. The van der Waals surface area contributed by atoms with E-state index in [9.17, 15) is 13.5 Å². The van der Waals surface area contributed by atoms with Gasteiger partial charge in [-0.1, -0.05) is 26.0 Å². The Bertz CT molecular complexity index is 604. The minimum absolute atomic E-state index is 0. The summed E-state index contributed by atoms with van der Waals surface area (Å²) in [6.07, 6.45) is 1.11. The van der Waals surface area contributed by atoms with Gasteiger partial charge in [0.25, 0.3) is 0 Å². The van der Waals surface area contributed by atoms with Crippen molar-refractivity contribution >= 4 is 39.8 Å². The molecule has 2 saturated heterocycles. The Kier molecular flexibility index (Phi) is 8.20. The Morgan fingerprint density at radius 2 is 2.08 bits per heavy atom. The molecule has 0 aromatic rings. The molecule has 2 heterocycles. The maximum Gasteiger partial charge on any atom is 0.194 e. The maximum atomic E-state index is 11.6. The Balaban J connectivity index is 0.00000312. The first-order valence-electron chi connectivity index (χ1n) is 8.65. The number of guanidine groups is 1. The van der Waals surface area contributed by atoms with Gasteiger partial charge in [0.2, 0.25) is 0 Å². The van der Waals surface area contributed by atoms with E-state index in [1.54, 1.807) is 0 Å². The van der Waals surface area contributed by atoms with Crippen LogP contribution < -0.4 is 5.32 Å². The third-order valence-corrected chi connectivity index (χ3v) is 6.68. The molecule has 0 radical (unpaired) electrons. The molecule has 6 nitrogen and oxygen atoms in total. The van der Waals surface area contributed by atoms with Crippen LogP contribution in [0.25, 0.3) is 0 Å². The predicted octanol–water partition coefficient (Wildman–Crippen LogP) is 1.65. The SMILES string of the molecule is C=C(C)CN=C(NCC1CCS(=O)(=O)C1)N1CCC(O)C(C)(C)C1.I. The fourth-order valence-corrected chi connectivity index (χ4v) is 5.13. The number of aliphatic imine (C=N–C) groups is 1. The fourth-order valence-electron chi connectivity index (χ4n) is 3.27. The van der Waals surface area contributed by atoms with Crippen LogP contribution in [0, 0.1) is 11.3 Å². The van der Waals surface area contributed by atoms with Crippen molar-refractivity contribution in [2.24, 2.45) is 16.3 Å². The van der Waals surface area contributed by atoms with Crippen LogP contribution in [0.5, 0.6) is 0 Å². The highest BCUT2D eigenvalue weighted by atomic mass is 127. The van der Waals surface area contributed by atoms with Crippen LogP contribution in [0.1, 0.15) is 33.6 Å². The number of likely N-dealkylation sites (tertiary alicyclic amines) is 1. The number of nitrogens with zero attached hydrogens (tertiary/aromatic N) is 2. The van der Waals surface area contributed by atoms with E-state index in [-0.39, 0.29) is 47.2 Å². The summed E-state index contributed by atoms with van der Waals surface area (Å²) >= 11 is 0. The van der Waals surface area contributed by atoms with Gasteiger partial charge >= 0.3 is 0 Å². The first-order chi connectivity index (χ1) is 11.1. The van der Waals surface area contributed by atoms with Gasteiger partial charge in [-0.25, -0.2) is 13.4 Å². The molecule has 0 aliphatic carbocycles. The number of nitrogens with one attached hydrogen (secondary N) is 1. The van der Waals surface area contributed by atoms with Crippen LogP contribution in [0.4, 0.5) is 0 Å². The third-order valence-electron chi connectivity index (χ3n) is 4.85. The molecule has 0 amide bonds. The molecule has 0 aromatic heterocycles. The van der Waals surface area contributed by atoms with Gasteiger partial charge in [-0.05, 0) is 25.7 Å². The number of hydrogen-bond acceptors (Lipinski definition) is 4. The lowest BCUT2D eigenvalue weighted by Gasteiger charge is -2.43. The molecule has 2 N–H and O–H groups in total. The average molecular weight is 485 g/mol. The smallest absolute Gasteiger partial charge is 0.194 e. The van der Waals surface area contributed by atoms with Gasteiger partial charge in [-0.2, -0.15) is 0 Å². The Hall–Kier alpha value is -0.350. The van der Waals surface area contributed by atoms with Crippen molar-refractivity contribution in [3.63, 3.8) is 0 Å². The van der Waals surface area contributed by atoms with Gasteiger partial charge in [0.1, 0.15) is 0 Å². The van der Waals surface area contributed by atoms with E-state index in [2.05, 4.69) is 35.6 Å². The molecule has 0 spiro atoms. The first kappa shape index (κ1) is 22.7.